The summed E-state index contributed by atoms with van der Waals surface area (Å²) in [7, 11) is 0. The minimum absolute atomic E-state index is 0.00495. The van der Waals surface area contributed by atoms with Crippen LogP contribution in [0.4, 0.5) is 17.1 Å². The molecule has 0 unspecified atom stereocenters. The molecule has 11 heteroatoms. The number of phenols is 1. The molecule has 0 atom stereocenters. The summed E-state index contributed by atoms with van der Waals surface area (Å²) in [6.07, 6.45) is 0.835. The number of fused-ring (bicyclic) bond motifs is 1. The van der Waals surface area contributed by atoms with Gasteiger partial charge in [0.15, 0.2) is 5.69 Å². The Kier molecular flexibility index (Phi) is 9.37. The van der Waals surface area contributed by atoms with E-state index in [9.17, 15) is 30.2 Å². The lowest BCUT2D eigenvalue weighted by molar-refractivity contribution is -0.384. The number of aromatic hydroxyl groups is 1. The number of nitrogens with zero attached hydrogens (tertiary/aromatic N) is 5. The van der Waals surface area contributed by atoms with Crippen LogP contribution in [0.3, 0.4) is 0 Å². The van der Waals surface area contributed by atoms with E-state index in [1.165, 1.54) is 21.3 Å². The molecule has 0 aliphatic carbocycles. The van der Waals surface area contributed by atoms with Crippen molar-refractivity contribution in [3.8, 4) is 5.75 Å². The van der Waals surface area contributed by atoms with Gasteiger partial charge in [-0.3, -0.25) is 19.2 Å². The van der Waals surface area contributed by atoms with Crippen molar-refractivity contribution in [3.05, 3.63) is 91.9 Å². The first-order valence-corrected chi connectivity index (χ1v) is 15.0. The third kappa shape index (κ3) is 6.84. The molecule has 0 amide bonds. The average Bonchev–Trinajstić information content (AvgIpc) is 3.20. The van der Waals surface area contributed by atoms with Gasteiger partial charge in [0.1, 0.15) is 11.4 Å². The number of aromatic nitrogens is 2. The molecular formula is C34H43N5O6. The van der Waals surface area contributed by atoms with Crippen LogP contribution in [0, 0.1) is 15.5 Å². The van der Waals surface area contributed by atoms with Gasteiger partial charge in [0, 0.05) is 17.0 Å². The van der Waals surface area contributed by atoms with Crippen LogP contribution in [-0.2, 0) is 23.9 Å². The van der Waals surface area contributed by atoms with E-state index in [-0.39, 0.29) is 59.8 Å². The topological polar surface area (TPSA) is 155 Å². The van der Waals surface area contributed by atoms with Crippen molar-refractivity contribution in [1.29, 1.82) is 0 Å². The molecule has 3 N–H and O–H groups in total. The zero-order valence-electron chi connectivity index (χ0n) is 27.0. The Morgan fingerprint density at radius 2 is 1.36 bits per heavy atom. The quantitative estimate of drug-likeness (QED) is 0.0949. The van der Waals surface area contributed by atoms with Crippen molar-refractivity contribution >= 4 is 28.1 Å². The van der Waals surface area contributed by atoms with Gasteiger partial charge in [-0.15, -0.1) is 10.2 Å². The predicted molar refractivity (Wildman–Crippen MR) is 175 cm³/mol. The van der Waals surface area contributed by atoms with Crippen LogP contribution in [0.15, 0.2) is 69.6 Å². The van der Waals surface area contributed by atoms with E-state index in [4.69, 9.17) is 0 Å². The zero-order chi connectivity index (χ0) is 33.3. The Hall–Kier alpha value is -4.35. The Morgan fingerprint density at radius 1 is 0.800 bits per heavy atom. The van der Waals surface area contributed by atoms with Gasteiger partial charge in [0.2, 0.25) is 0 Å². The molecule has 0 aliphatic heterocycles. The second kappa shape index (κ2) is 12.6. The Balaban J connectivity index is 1.96. The summed E-state index contributed by atoms with van der Waals surface area (Å²) < 4.78 is 2.50. The molecule has 45 heavy (non-hydrogen) atoms. The highest BCUT2D eigenvalue weighted by Crippen LogP contribution is 2.47. The van der Waals surface area contributed by atoms with E-state index < -0.39 is 21.7 Å². The van der Waals surface area contributed by atoms with Gasteiger partial charge in [-0.25, -0.2) is 4.79 Å². The van der Waals surface area contributed by atoms with Gasteiger partial charge in [0.05, 0.1) is 42.3 Å². The summed E-state index contributed by atoms with van der Waals surface area (Å²) in [4.78, 5) is 24.6. The van der Waals surface area contributed by atoms with Gasteiger partial charge >= 0.3 is 5.69 Å². The largest absolute Gasteiger partial charge is 0.505 e. The lowest BCUT2D eigenvalue weighted by atomic mass is 9.70. The second-order valence-corrected chi connectivity index (χ2v) is 13.8. The van der Waals surface area contributed by atoms with E-state index in [1.54, 1.807) is 6.07 Å². The summed E-state index contributed by atoms with van der Waals surface area (Å²) in [5.74, 6) is -0.0852. The lowest BCUT2D eigenvalue weighted by Crippen LogP contribution is -2.26. The predicted octanol–water partition coefficient (Wildman–Crippen LogP) is 6.86. The average molecular weight is 618 g/mol. The maximum absolute atomic E-state index is 13.0. The molecule has 0 fully saturated rings. The summed E-state index contributed by atoms with van der Waals surface area (Å²) in [6.45, 7) is 14.0. The first-order chi connectivity index (χ1) is 21.0. The SMILES string of the molecule is CC(C)(C)CC(C)(C)c1cc(/N=N/c2cc3c(cc2[N+](=O)[O-])n(CCO)c(=O)n3CCO)c(O)c(C(C)(C)c2ccccc2)c1. The second-order valence-electron chi connectivity index (χ2n) is 13.8. The first-order valence-electron chi connectivity index (χ1n) is 15.0. The van der Waals surface area contributed by atoms with Crippen molar-refractivity contribution in [1.82, 2.24) is 9.13 Å². The fourth-order valence-electron chi connectivity index (χ4n) is 6.31. The van der Waals surface area contributed by atoms with Gasteiger partial charge in [-0.05, 0) is 40.5 Å². The van der Waals surface area contributed by atoms with Gasteiger partial charge in [0.25, 0.3) is 5.69 Å². The number of phenolic OH excluding ortho intramolecular Hbond substituents is 1. The normalized spacial score (nSPS) is 12.8. The fourth-order valence-corrected chi connectivity index (χ4v) is 6.31. The maximum atomic E-state index is 13.0. The number of hydrogen-bond acceptors (Lipinski definition) is 8. The van der Waals surface area contributed by atoms with Gasteiger partial charge in [-0.1, -0.05) is 84.9 Å². The molecule has 4 aromatic rings. The van der Waals surface area contributed by atoms with Crippen LogP contribution in [0.5, 0.6) is 5.75 Å². The number of nitro benzene ring substituents is 1. The van der Waals surface area contributed by atoms with Crippen LogP contribution >= 0.6 is 0 Å². The van der Waals surface area contributed by atoms with E-state index in [0.29, 0.717) is 11.1 Å². The molecule has 0 saturated heterocycles. The molecule has 0 spiro atoms. The van der Waals surface area contributed by atoms with Crippen molar-refractivity contribution in [3.63, 3.8) is 0 Å². The molecular weight excluding hydrogens is 574 g/mol. The van der Waals surface area contributed by atoms with Crippen molar-refractivity contribution in [2.45, 2.75) is 78.8 Å². The highest BCUT2D eigenvalue weighted by Gasteiger charge is 2.33. The summed E-state index contributed by atoms with van der Waals surface area (Å²) in [5.41, 5.74) is 1.29. The number of imidazole rings is 1. The fraction of sp³-hybridized carbons (Fsp3) is 0.441. The number of aliphatic hydroxyl groups excluding tert-OH is 2. The molecule has 1 aromatic heterocycles. The van der Waals surface area contributed by atoms with E-state index in [0.717, 1.165) is 17.5 Å². The lowest BCUT2D eigenvalue weighted by Gasteiger charge is -2.35. The molecule has 240 valence electrons. The third-order valence-electron chi connectivity index (χ3n) is 8.24. The van der Waals surface area contributed by atoms with Crippen LogP contribution < -0.4 is 5.69 Å². The first kappa shape index (κ1) is 33.5. The smallest absolute Gasteiger partial charge is 0.329 e. The number of rotatable bonds is 11. The van der Waals surface area contributed by atoms with Crippen molar-refractivity contribution in [2.75, 3.05) is 13.2 Å². The van der Waals surface area contributed by atoms with Crippen LogP contribution in [-0.4, -0.2) is 42.6 Å². The van der Waals surface area contributed by atoms with E-state index in [2.05, 4.69) is 44.8 Å². The highest BCUT2D eigenvalue weighted by molar-refractivity contribution is 5.85. The monoisotopic (exact) mass is 617 g/mol. The number of azo groups is 1. The Bertz CT molecular complexity index is 1800. The minimum atomic E-state index is -0.621. The number of benzene rings is 3. The number of nitro groups is 1. The molecule has 11 nitrogen and oxygen atoms in total. The maximum Gasteiger partial charge on any atom is 0.329 e. The molecule has 1 heterocycles. The number of aliphatic hydroxyl groups is 2. The molecule has 4 rings (SSSR count). The van der Waals surface area contributed by atoms with E-state index >= 15 is 0 Å². The van der Waals surface area contributed by atoms with Crippen molar-refractivity contribution < 1.29 is 20.2 Å². The van der Waals surface area contributed by atoms with Crippen molar-refractivity contribution in [2.24, 2.45) is 15.6 Å². The Morgan fingerprint density at radius 3 is 1.89 bits per heavy atom. The molecule has 3 aromatic carbocycles. The van der Waals surface area contributed by atoms with Crippen LogP contribution in [0.25, 0.3) is 11.0 Å². The van der Waals surface area contributed by atoms with Gasteiger partial charge in [-0.2, -0.15) is 0 Å². The Labute approximate surface area is 262 Å². The van der Waals surface area contributed by atoms with Crippen LogP contribution in [0.2, 0.25) is 0 Å². The summed E-state index contributed by atoms with van der Waals surface area (Å²) in [6, 6.07) is 16.2. The highest BCUT2D eigenvalue weighted by atomic mass is 16.6. The molecule has 0 aliphatic rings. The van der Waals surface area contributed by atoms with E-state index in [1.807, 2.05) is 50.2 Å². The standard InChI is InChI=1S/C34H43N5O6/c1-32(2,3)21-33(4,5)23-17-24(34(6,7)22-11-9-8-10-12-22)30(42)26(18-23)36-35-25-19-28-29(20-27(25)39(44)45)38(14-16-41)31(43)37(28)13-15-40/h8-12,17-20,40-42H,13-16,21H2,1-7H3/b36-35+. The molecule has 0 bridgehead atoms. The minimum Gasteiger partial charge on any atom is -0.505 e. The summed E-state index contributed by atoms with van der Waals surface area (Å²) in [5, 5.41) is 51.6. The molecule has 0 saturated carbocycles. The number of hydrogen-bond donors (Lipinski definition) is 3. The summed E-state index contributed by atoms with van der Waals surface area (Å²) >= 11 is 0. The third-order valence-corrected chi connectivity index (χ3v) is 8.24. The van der Waals surface area contributed by atoms with Gasteiger partial charge < -0.3 is 15.3 Å². The van der Waals surface area contributed by atoms with Crippen LogP contribution in [0.1, 0.15) is 71.6 Å². The molecule has 0 radical (unpaired) electrons. The zero-order valence-corrected chi connectivity index (χ0v) is 27.0.